The molecule has 1 rings (SSSR count). The second-order valence-electron chi connectivity index (χ2n) is 2.78. The van der Waals surface area contributed by atoms with E-state index in [0.29, 0.717) is 18.1 Å². The van der Waals surface area contributed by atoms with Crippen LogP contribution < -0.4 is 11.1 Å². The largest absolute Gasteiger partial charge is 0.452 e. The van der Waals surface area contributed by atoms with Gasteiger partial charge < -0.3 is 11.1 Å². The topological polar surface area (TPSA) is 63.8 Å². The van der Waals surface area contributed by atoms with Gasteiger partial charge in [-0.05, 0) is 6.92 Å². The molecule has 80 valence electrons. The Kier molecular flexibility index (Phi) is 3.27. The average molecular weight is 226 g/mol. The van der Waals surface area contributed by atoms with Crippen molar-refractivity contribution in [2.24, 2.45) is 5.73 Å². The molecule has 4 nitrogen and oxygen atoms in total. The van der Waals surface area contributed by atoms with E-state index in [2.05, 4.69) is 14.7 Å². The zero-order valence-corrected chi connectivity index (χ0v) is 8.11. The molecule has 0 radical (unpaired) electrons. The number of hydrogen-bond acceptors (Lipinski definition) is 5. The minimum absolute atomic E-state index is 0.134. The van der Waals surface area contributed by atoms with Crippen molar-refractivity contribution in [3.05, 3.63) is 5.82 Å². The molecule has 0 fully saturated rings. The van der Waals surface area contributed by atoms with E-state index in [4.69, 9.17) is 5.73 Å². The summed E-state index contributed by atoms with van der Waals surface area (Å²) < 4.78 is 39.3. The SMILES string of the molecule is CC(N)CNc1nc(C(F)(F)F)ns1. The van der Waals surface area contributed by atoms with Gasteiger partial charge in [-0.25, -0.2) is 0 Å². The lowest BCUT2D eigenvalue weighted by molar-refractivity contribution is -0.144. The van der Waals surface area contributed by atoms with Gasteiger partial charge in [0.25, 0.3) is 0 Å². The molecule has 1 heterocycles. The number of alkyl halides is 3. The molecule has 0 aliphatic carbocycles. The summed E-state index contributed by atoms with van der Waals surface area (Å²) in [6, 6.07) is -0.145. The third-order valence-corrected chi connectivity index (χ3v) is 1.93. The number of halogens is 3. The predicted molar refractivity (Wildman–Crippen MR) is 47.1 cm³/mol. The Bertz CT molecular complexity index is 296. The van der Waals surface area contributed by atoms with Crippen LogP contribution in [0.15, 0.2) is 0 Å². The van der Waals surface area contributed by atoms with Crippen LogP contribution in [0.1, 0.15) is 12.7 Å². The van der Waals surface area contributed by atoms with Gasteiger partial charge in [0.05, 0.1) is 0 Å². The summed E-state index contributed by atoms with van der Waals surface area (Å²) in [6.45, 7) is 2.10. The first-order valence-corrected chi connectivity index (χ1v) is 4.57. The van der Waals surface area contributed by atoms with E-state index in [-0.39, 0.29) is 11.2 Å². The van der Waals surface area contributed by atoms with Gasteiger partial charge in [-0.3, -0.25) is 0 Å². The van der Waals surface area contributed by atoms with Crippen LogP contribution in [0.2, 0.25) is 0 Å². The number of anilines is 1. The third kappa shape index (κ3) is 3.11. The number of hydrogen-bond donors (Lipinski definition) is 2. The van der Waals surface area contributed by atoms with Crippen molar-refractivity contribution in [2.75, 3.05) is 11.9 Å². The fourth-order valence-electron chi connectivity index (χ4n) is 0.659. The van der Waals surface area contributed by atoms with Gasteiger partial charge in [-0.1, -0.05) is 0 Å². The molecule has 0 bridgehead atoms. The highest BCUT2D eigenvalue weighted by atomic mass is 32.1. The lowest BCUT2D eigenvalue weighted by atomic mass is 10.4. The van der Waals surface area contributed by atoms with Crippen molar-refractivity contribution >= 4 is 16.7 Å². The number of nitrogens with two attached hydrogens (primary N) is 1. The van der Waals surface area contributed by atoms with Crippen molar-refractivity contribution in [1.29, 1.82) is 0 Å². The summed E-state index contributed by atoms with van der Waals surface area (Å²) in [5, 5.41) is 2.79. The predicted octanol–water partition coefficient (Wildman–Crippen LogP) is 1.32. The van der Waals surface area contributed by atoms with Gasteiger partial charge in [0.15, 0.2) is 0 Å². The van der Waals surface area contributed by atoms with Crippen LogP contribution in [0.5, 0.6) is 0 Å². The lowest BCUT2D eigenvalue weighted by Gasteiger charge is -2.04. The van der Waals surface area contributed by atoms with Gasteiger partial charge in [0, 0.05) is 24.1 Å². The second-order valence-corrected chi connectivity index (χ2v) is 3.53. The number of nitrogens with one attached hydrogen (secondary N) is 1. The zero-order valence-electron chi connectivity index (χ0n) is 7.30. The Morgan fingerprint density at radius 3 is 2.64 bits per heavy atom. The Balaban J connectivity index is 2.60. The Labute approximate surface area is 82.5 Å². The first-order valence-electron chi connectivity index (χ1n) is 3.80. The minimum Gasteiger partial charge on any atom is -0.359 e. The number of rotatable bonds is 3. The van der Waals surface area contributed by atoms with Crippen molar-refractivity contribution in [2.45, 2.75) is 19.1 Å². The zero-order chi connectivity index (χ0) is 10.8. The van der Waals surface area contributed by atoms with E-state index >= 15 is 0 Å². The molecule has 8 heteroatoms. The maximum absolute atomic E-state index is 12.0. The van der Waals surface area contributed by atoms with E-state index in [1.165, 1.54) is 0 Å². The maximum Gasteiger partial charge on any atom is 0.452 e. The molecule has 0 spiro atoms. The molecule has 0 aromatic carbocycles. The summed E-state index contributed by atoms with van der Waals surface area (Å²) in [7, 11) is 0. The first-order chi connectivity index (χ1) is 6.39. The van der Waals surface area contributed by atoms with Gasteiger partial charge in [0.2, 0.25) is 11.0 Å². The van der Waals surface area contributed by atoms with Gasteiger partial charge in [-0.15, -0.1) is 0 Å². The maximum atomic E-state index is 12.0. The molecule has 0 saturated carbocycles. The fourth-order valence-corrected chi connectivity index (χ4v) is 1.25. The van der Waals surface area contributed by atoms with Crippen molar-refractivity contribution in [3.8, 4) is 0 Å². The molecule has 14 heavy (non-hydrogen) atoms. The van der Waals surface area contributed by atoms with E-state index < -0.39 is 12.0 Å². The summed E-state index contributed by atoms with van der Waals surface area (Å²) in [4.78, 5) is 3.27. The molecule has 3 N–H and O–H groups in total. The number of nitrogens with zero attached hydrogens (tertiary/aromatic N) is 2. The Morgan fingerprint density at radius 2 is 2.21 bits per heavy atom. The molecule has 1 aromatic heterocycles. The van der Waals surface area contributed by atoms with Crippen molar-refractivity contribution < 1.29 is 13.2 Å². The second kappa shape index (κ2) is 4.09. The van der Waals surface area contributed by atoms with E-state index in [1.807, 2.05) is 0 Å². The van der Waals surface area contributed by atoms with Crippen LogP contribution in [0, 0.1) is 0 Å². The highest BCUT2D eigenvalue weighted by Crippen LogP contribution is 2.28. The quantitative estimate of drug-likeness (QED) is 0.815. The van der Waals surface area contributed by atoms with Crippen LogP contribution >= 0.6 is 11.5 Å². The van der Waals surface area contributed by atoms with Crippen LogP contribution in [-0.4, -0.2) is 21.9 Å². The van der Waals surface area contributed by atoms with E-state index in [9.17, 15) is 13.2 Å². The van der Waals surface area contributed by atoms with E-state index in [0.717, 1.165) is 0 Å². The minimum atomic E-state index is -4.48. The van der Waals surface area contributed by atoms with Crippen molar-refractivity contribution in [3.63, 3.8) is 0 Å². The van der Waals surface area contributed by atoms with Gasteiger partial charge in [-0.2, -0.15) is 22.5 Å². The molecular formula is C6H9F3N4S. The summed E-state index contributed by atoms with van der Waals surface area (Å²) in [6.07, 6.45) is -4.48. The highest BCUT2D eigenvalue weighted by Gasteiger charge is 2.36. The summed E-state index contributed by atoms with van der Waals surface area (Å²) in [5.74, 6) is -1.12. The third-order valence-electron chi connectivity index (χ3n) is 1.25. The monoisotopic (exact) mass is 226 g/mol. The van der Waals surface area contributed by atoms with Crippen LogP contribution in [0.25, 0.3) is 0 Å². The van der Waals surface area contributed by atoms with Crippen molar-refractivity contribution in [1.82, 2.24) is 9.36 Å². The molecule has 0 aliphatic rings. The van der Waals surface area contributed by atoms with Gasteiger partial charge in [0.1, 0.15) is 0 Å². The normalized spacial score (nSPS) is 14.1. The molecule has 0 saturated heterocycles. The summed E-state index contributed by atoms with van der Waals surface area (Å²) in [5.41, 5.74) is 5.40. The molecular weight excluding hydrogens is 217 g/mol. The molecule has 0 aliphatic heterocycles. The Morgan fingerprint density at radius 1 is 1.57 bits per heavy atom. The molecule has 1 aromatic rings. The van der Waals surface area contributed by atoms with Crippen LogP contribution in [0.3, 0.4) is 0 Å². The van der Waals surface area contributed by atoms with Crippen LogP contribution in [-0.2, 0) is 6.18 Å². The number of aromatic nitrogens is 2. The average Bonchev–Trinajstić information content (AvgIpc) is 2.47. The molecule has 1 atom stereocenters. The van der Waals surface area contributed by atoms with Crippen LogP contribution in [0.4, 0.5) is 18.3 Å². The Hall–Kier alpha value is -0.890. The molecule has 1 unspecified atom stereocenters. The highest BCUT2D eigenvalue weighted by molar-refractivity contribution is 7.09. The van der Waals surface area contributed by atoms with Gasteiger partial charge >= 0.3 is 6.18 Å². The standard InChI is InChI=1S/C6H9F3N4S/c1-3(10)2-11-5-12-4(13-14-5)6(7,8)9/h3H,2,10H2,1H3,(H,11,12,13). The first kappa shape index (κ1) is 11.2. The smallest absolute Gasteiger partial charge is 0.359 e. The summed E-state index contributed by atoms with van der Waals surface area (Å²) >= 11 is 0.671. The molecule has 0 amide bonds. The lowest BCUT2D eigenvalue weighted by Crippen LogP contribution is -2.25. The fraction of sp³-hybridized carbons (Fsp3) is 0.667. The van der Waals surface area contributed by atoms with E-state index in [1.54, 1.807) is 6.92 Å².